The van der Waals surface area contributed by atoms with Crippen LogP contribution >= 0.6 is 0 Å². The van der Waals surface area contributed by atoms with Crippen molar-refractivity contribution in [2.24, 2.45) is 5.73 Å². The lowest BCUT2D eigenvalue weighted by Gasteiger charge is -2.26. The van der Waals surface area contributed by atoms with Crippen molar-refractivity contribution in [2.75, 3.05) is 13.1 Å². The minimum atomic E-state index is -0.531. The van der Waals surface area contributed by atoms with Gasteiger partial charge >= 0.3 is 0 Å². The van der Waals surface area contributed by atoms with Gasteiger partial charge in [0.15, 0.2) is 6.10 Å². The molecular weight excluding hydrogens is 336 g/mol. The molecule has 1 saturated carbocycles. The number of carbonyl (C=O) groups is 1. The average molecular weight is 364 g/mol. The maximum Gasteiger partial charge on any atom is 0.256 e. The summed E-state index contributed by atoms with van der Waals surface area (Å²) >= 11 is 0. The number of rotatable bonds is 5. The first kappa shape index (κ1) is 18.2. The van der Waals surface area contributed by atoms with Gasteiger partial charge in [-0.2, -0.15) is 0 Å². The molecule has 2 aromatic rings. The summed E-state index contributed by atoms with van der Waals surface area (Å²) in [5, 5.41) is 0. The minimum Gasteiger partial charge on any atom is -0.360 e. The van der Waals surface area contributed by atoms with Crippen LogP contribution in [0.3, 0.4) is 0 Å². The van der Waals surface area contributed by atoms with Gasteiger partial charge in [-0.1, -0.05) is 73.5 Å². The molecule has 4 nitrogen and oxygen atoms in total. The van der Waals surface area contributed by atoms with Gasteiger partial charge in [0.05, 0.1) is 6.10 Å². The molecule has 4 rings (SSSR count). The van der Waals surface area contributed by atoms with Crippen LogP contribution in [0.25, 0.3) is 0 Å². The van der Waals surface area contributed by atoms with Crippen LogP contribution in [0.4, 0.5) is 0 Å². The predicted octanol–water partition coefficient (Wildman–Crippen LogP) is 3.64. The van der Waals surface area contributed by atoms with Gasteiger partial charge in [-0.05, 0) is 24.0 Å². The van der Waals surface area contributed by atoms with E-state index in [0.717, 1.165) is 18.4 Å². The van der Waals surface area contributed by atoms with Gasteiger partial charge in [-0.15, -0.1) is 0 Å². The molecule has 4 heteroatoms. The minimum absolute atomic E-state index is 0.0424. The van der Waals surface area contributed by atoms with Crippen molar-refractivity contribution < 1.29 is 9.53 Å². The van der Waals surface area contributed by atoms with Crippen LogP contribution in [0.5, 0.6) is 0 Å². The van der Waals surface area contributed by atoms with E-state index in [9.17, 15) is 4.79 Å². The van der Waals surface area contributed by atoms with Crippen LogP contribution < -0.4 is 5.73 Å². The lowest BCUT2D eigenvalue weighted by atomic mass is 9.95. The Balaban J connectivity index is 1.52. The standard InChI is InChI=1S/C23H28N2O2/c24-21-16-25(15-20(21)17-9-3-1-4-10-17)23(26)22(18-11-5-2-6-12-18)27-19-13-7-8-14-19/h1-6,9-12,19-22H,7-8,13-16,24H2/t20-,21+,22?/m0/s1. The third-order valence-electron chi connectivity index (χ3n) is 5.86. The Bertz CT molecular complexity index is 743. The fraction of sp³-hybridized carbons (Fsp3) is 0.435. The summed E-state index contributed by atoms with van der Waals surface area (Å²) in [5.74, 6) is 0.222. The molecular formula is C23H28N2O2. The molecule has 1 amide bonds. The monoisotopic (exact) mass is 364 g/mol. The Kier molecular flexibility index (Phi) is 5.55. The van der Waals surface area contributed by atoms with E-state index in [0.29, 0.717) is 13.1 Å². The molecule has 0 radical (unpaired) electrons. The molecule has 1 aliphatic heterocycles. The summed E-state index contributed by atoms with van der Waals surface area (Å²) in [5.41, 5.74) is 8.55. The molecule has 0 aromatic heterocycles. The Morgan fingerprint density at radius 2 is 1.59 bits per heavy atom. The lowest BCUT2D eigenvalue weighted by Crippen LogP contribution is -2.37. The second-order valence-electron chi connectivity index (χ2n) is 7.76. The summed E-state index contributed by atoms with van der Waals surface area (Å²) in [6, 6.07) is 20.1. The van der Waals surface area contributed by atoms with Crippen LogP contribution in [0.1, 0.15) is 48.8 Å². The molecule has 1 aliphatic carbocycles. The first-order chi connectivity index (χ1) is 13.2. The molecule has 27 heavy (non-hydrogen) atoms. The van der Waals surface area contributed by atoms with E-state index < -0.39 is 6.10 Å². The van der Waals surface area contributed by atoms with E-state index in [2.05, 4.69) is 12.1 Å². The van der Waals surface area contributed by atoms with Crippen LogP contribution in [0, 0.1) is 0 Å². The highest BCUT2D eigenvalue weighted by atomic mass is 16.5. The molecule has 0 spiro atoms. The van der Waals surface area contributed by atoms with E-state index >= 15 is 0 Å². The highest BCUT2D eigenvalue weighted by molar-refractivity contribution is 5.83. The van der Waals surface area contributed by atoms with Crippen molar-refractivity contribution in [3.8, 4) is 0 Å². The molecule has 3 atom stereocenters. The molecule has 1 unspecified atom stereocenters. The van der Waals surface area contributed by atoms with Crippen molar-refractivity contribution in [3.05, 3.63) is 71.8 Å². The number of carbonyl (C=O) groups excluding carboxylic acids is 1. The second-order valence-corrected chi connectivity index (χ2v) is 7.76. The highest BCUT2D eigenvalue weighted by Crippen LogP contribution is 2.32. The van der Waals surface area contributed by atoms with Gasteiger partial charge in [0, 0.05) is 25.0 Å². The van der Waals surface area contributed by atoms with Gasteiger partial charge in [-0.25, -0.2) is 0 Å². The molecule has 0 bridgehead atoms. The summed E-state index contributed by atoms with van der Waals surface area (Å²) in [6.45, 7) is 1.23. The lowest BCUT2D eigenvalue weighted by molar-refractivity contribution is -0.147. The molecule has 2 fully saturated rings. The molecule has 2 aliphatic rings. The third kappa shape index (κ3) is 4.07. The largest absolute Gasteiger partial charge is 0.360 e. The molecule has 1 heterocycles. The van der Waals surface area contributed by atoms with Crippen LogP contribution in [-0.4, -0.2) is 36.0 Å². The number of benzene rings is 2. The normalized spacial score (nSPS) is 24.3. The molecule has 1 saturated heterocycles. The topological polar surface area (TPSA) is 55.6 Å². The van der Waals surface area contributed by atoms with Crippen molar-refractivity contribution in [3.63, 3.8) is 0 Å². The van der Waals surface area contributed by atoms with E-state index in [1.54, 1.807) is 0 Å². The zero-order valence-corrected chi connectivity index (χ0v) is 15.7. The number of nitrogens with zero attached hydrogens (tertiary/aromatic N) is 1. The summed E-state index contributed by atoms with van der Waals surface area (Å²) in [7, 11) is 0. The Morgan fingerprint density at radius 3 is 2.26 bits per heavy atom. The van der Waals surface area contributed by atoms with Gasteiger partial charge in [0.25, 0.3) is 5.91 Å². The zero-order valence-electron chi connectivity index (χ0n) is 15.7. The van der Waals surface area contributed by atoms with E-state index in [-0.39, 0.29) is 24.0 Å². The van der Waals surface area contributed by atoms with Crippen molar-refractivity contribution in [2.45, 2.75) is 49.9 Å². The van der Waals surface area contributed by atoms with Crippen LogP contribution in [0.2, 0.25) is 0 Å². The third-order valence-corrected chi connectivity index (χ3v) is 5.86. The van der Waals surface area contributed by atoms with Crippen LogP contribution in [0.15, 0.2) is 60.7 Å². The average Bonchev–Trinajstić information content (AvgIpc) is 3.36. The van der Waals surface area contributed by atoms with E-state index in [1.807, 2.05) is 53.4 Å². The highest BCUT2D eigenvalue weighted by Gasteiger charge is 2.38. The van der Waals surface area contributed by atoms with E-state index in [1.165, 1.54) is 18.4 Å². The fourth-order valence-electron chi connectivity index (χ4n) is 4.35. The van der Waals surface area contributed by atoms with Gasteiger partial charge in [0.1, 0.15) is 0 Å². The molecule has 2 aromatic carbocycles. The number of nitrogens with two attached hydrogens (primary N) is 1. The maximum atomic E-state index is 13.4. The maximum absolute atomic E-state index is 13.4. The summed E-state index contributed by atoms with van der Waals surface area (Å²) in [4.78, 5) is 15.3. The fourth-order valence-corrected chi connectivity index (χ4v) is 4.35. The van der Waals surface area contributed by atoms with Crippen LogP contribution in [-0.2, 0) is 9.53 Å². The number of ether oxygens (including phenoxy) is 1. The molecule has 142 valence electrons. The quantitative estimate of drug-likeness (QED) is 0.881. The zero-order chi connectivity index (χ0) is 18.6. The Morgan fingerprint density at radius 1 is 0.963 bits per heavy atom. The number of amides is 1. The second kappa shape index (κ2) is 8.24. The Hall–Kier alpha value is -2.17. The first-order valence-corrected chi connectivity index (χ1v) is 10.0. The van der Waals surface area contributed by atoms with Gasteiger partial charge in [0.2, 0.25) is 0 Å². The van der Waals surface area contributed by atoms with Crippen molar-refractivity contribution >= 4 is 5.91 Å². The summed E-state index contributed by atoms with van der Waals surface area (Å²) in [6.07, 6.45) is 4.11. The Labute approximate surface area is 161 Å². The SMILES string of the molecule is N[C@@H]1CN(C(=O)C(OC2CCCC2)c2ccccc2)C[C@H]1c1ccccc1. The molecule has 2 N–H and O–H groups in total. The van der Waals surface area contributed by atoms with Gasteiger partial charge in [-0.3, -0.25) is 4.79 Å². The number of hydrogen-bond donors (Lipinski definition) is 1. The van der Waals surface area contributed by atoms with E-state index in [4.69, 9.17) is 10.5 Å². The van der Waals surface area contributed by atoms with Gasteiger partial charge < -0.3 is 15.4 Å². The number of hydrogen-bond acceptors (Lipinski definition) is 3. The van der Waals surface area contributed by atoms with Crippen molar-refractivity contribution in [1.82, 2.24) is 4.90 Å². The summed E-state index contributed by atoms with van der Waals surface area (Å²) < 4.78 is 6.32. The first-order valence-electron chi connectivity index (χ1n) is 10.0. The van der Waals surface area contributed by atoms with Crippen molar-refractivity contribution in [1.29, 1.82) is 0 Å². The number of likely N-dealkylation sites (tertiary alicyclic amines) is 1. The predicted molar refractivity (Wildman–Crippen MR) is 106 cm³/mol. The smallest absolute Gasteiger partial charge is 0.256 e.